The standard InChI is InChI=1S/C11H13FN2O4/c12-8-7(10(15)16)1-3-13-9(8)14-5-11(17)2-4-18-6-11/h1,3,17H,2,4-6H2,(H,13,14)(H,15,16). The highest BCUT2D eigenvalue weighted by Crippen LogP contribution is 2.20. The molecule has 18 heavy (non-hydrogen) atoms. The molecule has 2 rings (SSSR count). The van der Waals surface area contributed by atoms with Crippen LogP contribution in [0.25, 0.3) is 0 Å². The molecule has 0 amide bonds. The highest BCUT2D eigenvalue weighted by Gasteiger charge is 2.32. The van der Waals surface area contributed by atoms with Gasteiger partial charge in [0.2, 0.25) is 0 Å². The lowest BCUT2D eigenvalue weighted by molar-refractivity contribution is 0.0381. The first-order valence-corrected chi connectivity index (χ1v) is 5.44. The SMILES string of the molecule is O=C(O)c1ccnc(NCC2(O)CCOC2)c1F. The third-order valence-corrected chi connectivity index (χ3v) is 2.79. The van der Waals surface area contributed by atoms with Gasteiger partial charge in [0.05, 0.1) is 6.61 Å². The largest absolute Gasteiger partial charge is 0.478 e. The lowest BCUT2D eigenvalue weighted by Crippen LogP contribution is -2.37. The number of halogens is 1. The number of pyridine rings is 1. The fourth-order valence-electron chi connectivity index (χ4n) is 1.72. The summed E-state index contributed by atoms with van der Waals surface area (Å²) in [5.41, 5.74) is -1.52. The summed E-state index contributed by atoms with van der Waals surface area (Å²) in [6.45, 7) is 0.670. The zero-order chi connectivity index (χ0) is 13.2. The lowest BCUT2D eigenvalue weighted by atomic mass is 10.0. The monoisotopic (exact) mass is 256 g/mol. The van der Waals surface area contributed by atoms with Gasteiger partial charge in [-0.15, -0.1) is 0 Å². The molecule has 1 saturated heterocycles. The Morgan fingerprint density at radius 1 is 1.67 bits per heavy atom. The van der Waals surface area contributed by atoms with Crippen molar-refractivity contribution in [2.45, 2.75) is 12.0 Å². The predicted octanol–water partition coefficient (Wildman–Crippen LogP) is 0.482. The Morgan fingerprint density at radius 2 is 2.44 bits per heavy atom. The molecule has 1 aromatic heterocycles. The number of nitrogens with zero attached hydrogens (tertiary/aromatic N) is 1. The molecule has 1 aliphatic heterocycles. The number of aromatic nitrogens is 1. The number of aliphatic hydroxyl groups is 1. The fraction of sp³-hybridized carbons (Fsp3) is 0.455. The third-order valence-electron chi connectivity index (χ3n) is 2.79. The van der Waals surface area contributed by atoms with Crippen molar-refractivity contribution in [2.75, 3.05) is 25.1 Å². The number of nitrogens with one attached hydrogen (secondary N) is 1. The Hall–Kier alpha value is -1.73. The summed E-state index contributed by atoms with van der Waals surface area (Å²) in [5.74, 6) is -2.48. The van der Waals surface area contributed by atoms with Crippen molar-refractivity contribution in [2.24, 2.45) is 0 Å². The van der Waals surface area contributed by atoms with E-state index < -0.39 is 23.0 Å². The van der Waals surface area contributed by atoms with E-state index in [9.17, 15) is 14.3 Å². The molecule has 0 bridgehead atoms. The van der Waals surface area contributed by atoms with Gasteiger partial charge in [0.25, 0.3) is 0 Å². The van der Waals surface area contributed by atoms with E-state index in [0.29, 0.717) is 13.0 Å². The van der Waals surface area contributed by atoms with Crippen LogP contribution in [0.2, 0.25) is 0 Å². The molecular formula is C11H13FN2O4. The molecule has 1 atom stereocenters. The van der Waals surface area contributed by atoms with E-state index in [1.54, 1.807) is 0 Å². The Bertz CT molecular complexity index is 460. The van der Waals surface area contributed by atoms with Crippen LogP contribution in [0.5, 0.6) is 0 Å². The minimum atomic E-state index is -1.36. The van der Waals surface area contributed by atoms with Gasteiger partial charge in [0.15, 0.2) is 11.6 Å². The summed E-state index contributed by atoms with van der Waals surface area (Å²) >= 11 is 0. The van der Waals surface area contributed by atoms with E-state index in [1.807, 2.05) is 0 Å². The van der Waals surface area contributed by atoms with E-state index in [0.717, 1.165) is 6.07 Å². The van der Waals surface area contributed by atoms with Crippen molar-refractivity contribution in [3.63, 3.8) is 0 Å². The second-order valence-corrected chi connectivity index (χ2v) is 4.21. The molecule has 7 heteroatoms. The maximum absolute atomic E-state index is 13.7. The Morgan fingerprint density at radius 3 is 3.06 bits per heavy atom. The topological polar surface area (TPSA) is 91.7 Å². The van der Waals surface area contributed by atoms with Crippen LogP contribution >= 0.6 is 0 Å². The second-order valence-electron chi connectivity index (χ2n) is 4.21. The molecule has 1 aromatic rings. The molecular weight excluding hydrogens is 243 g/mol. The van der Waals surface area contributed by atoms with Crippen molar-refractivity contribution in [3.8, 4) is 0 Å². The number of hydrogen-bond acceptors (Lipinski definition) is 5. The third kappa shape index (κ3) is 2.57. The van der Waals surface area contributed by atoms with Crippen LogP contribution in [-0.4, -0.2) is 46.5 Å². The van der Waals surface area contributed by atoms with E-state index in [4.69, 9.17) is 9.84 Å². The number of ether oxygens (including phenoxy) is 1. The summed E-state index contributed by atoms with van der Waals surface area (Å²) in [4.78, 5) is 14.4. The molecule has 0 saturated carbocycles. The van der Waals surface area contributed by atoms with E-state index in [2.05, 4.69) is 10.3 Å². The average molecular weight is 256 g/mol. The molecule has 0 aromatic carbocycles. The normalized spacial score (nSPS) is 23.0. The molecule has 1 fully saturated rings. The van der Waals surface area contributed by atoms with Crippen LogP contribution in [0, 0.1) is 5.82 Å². The number of anilines is 1. The highest BCUT2D eigenvalue weighted by atomic mass is 19.1. The van der Waals surface area contributed by atoms with Crippen LogP contribution in [0.4, 0.5) is 10.2 Å². The van der Waals surface area contributed by atoms with E-state index in [1.165, 1.54) is 6.20 Å². The van der Waals surface area contributed by atoms with E-state index in [-0.39, 0.29) is 19.0 Å². The first-order valence-electron chi connectivity index (χ1n) is 5.44. The number of carboxylic acid groups (broad SMARTS) is 1. The van der Waals surface area contributed by atoms with Crippen LogP contribution < -0.4 is 5.32 Å². The van der Waals surface area contributed by atoms with Gasteiger partial charge in [-0.3, -0.25) is 0 Å². The molecule has 2 heterocycles. The Labute approximate surface area is 102 Å². The van der Waals surface area contributed by atoms with Crippen molar-refractivity contribution in [3.05, 3.63) is 23.6 Å². The molecule has 6 nitrogen and oxygen atoms in total. The zero-order valence-electron chi connectivity index (χ0n) is 9.52. The smallest absolute Gasteiger partial charge is 0.338 e. The minimum absolute atomic E-state index is 0.0555. The quantitative estimate of drug-likeness (QED) is 0.725. The minimum Gasteiger partial charge on any atom is -0.478 e. The first-order chi connectivity index (χ1) is 8.52. The van der Waals surface area contributed by atoms with Gasteiger partial charge in [-0.25, -0.2) is 14.2 Å². The maximum Gasteiger partial charge on any atom is 0.338 e. The summed E-state index contributed by atoms with van der Waals surface area (Å²) in [7, 11) is 0. The molecule has 1 unspecified atom stereocenters. The van der Waals surface area contributed by atoms with Crippen molar-refractivity contribution >= 4 is 11.8 Å². The predicted molar refractivity (Wildman–Crippen MR) is 60.0 cm³/mol. The van der Waals surface area contributed by atoms with Crippen LogP contribution in [0.1, 0.15) is 16.8 Å². The average Bonchev–Trinajstić information content (AvgIpc) is 2.75. The summed E-state index contributed by atoms with van der Waals surface area (Å²) in [6.07, 6.45) is 1.64. The van der Waals surface area contributed by atoms with Gasteiger partial charge in [-0.05, 0) is 6.07 Å². The van der Waals surface area contributed by atoms with Crippen molar-refractivity contribution < 1.29 is 24.1 Å². The maximum atomic E-state index is 13.7. The number of carbonyl (C=O) groups is 1. The Balaban J connectivity index is 2.10. The van der Waals surface area contributed by atoms with Gasteiger partial charge < -0.3 is 20.3 Å². The zero-order valence-corrected chi connectivity index (χ0v) is 9.52. The molecule has 0 spiro atoms. The lowest BCUT2D eigenvalue weighted by Gasteiger charge is -2.21. The number of hydrogen-bond donors (Lipinski definition) is 3. The second kappa shape index (κ2) is 4.87. The molecule has 1 aliphatic rings. The fourth-order valence-corrected chi connectivity index (χ4v) is 1.72. The van der Waals surface area contributed by atoms with Crippen LogP contribution in [0.3, 0.4) is 0 Å². The molecule has 0 radical (unpaired) electrons. The van der Waals surface area contributed by atoms with Crippen LogP contribution in [-0.2, 0) is 4.74 Å². The number of rotatable bonds is 4. The van der Waals surface area contributed by atoms with Gasteiger partial charge in [0.1, 0.15) is 11.2 Å². The number of carboxylic acids is 1. The Kier molecular flexibility index (Phi) is 3.44. The summed E-state index contributed by atoms with van der Waals surface area (Å²) in [5, 5.41) is 21.3. The summed E-state index contributed by atoms with van der Waals surface area (Å²) in [6, 6.07) is 1.08. The summed E-state index contributed by atoms with van der Waals surface area (Å²) < 4.78 is 18.7. The van der Waals surface area contributed by atoms with E-state index >= 15 is 0 Å². The number of aromatic carboxylic acids is 1. The molecule has 3 N–H and O–H groups in total. The van der Waals surface area contributed by atoms with Crippen molar-refractivity contribution in [1.29, 1.82) is 0 Å². The molecule has 0 aliphatic carbocycles. The van der Waals surface area contributed by atoms with Gasteiger partial charge >= 0.3 is 5.97 Å². The van der Waals surface area contributed by atoms with Crippen LogP contribution in [0.15, 0.2) is 12.3 Å². The van der Waals surface area contributed by atoms with Crippen molar-refractivity contribution in [1.82, 2.24) is 4.98 Å². The van der Waals surface area contributed by atoms with Gasteiger partial charge in [-0.2, -0.15) is 0 Å². The first kappa shape index (κ1) is 12.7. The van der Waals surface area contributed by atoms with Gasteiger partial charge in [0, 0.05) is 25.8 Å². The molecule has 98 valence electrons. The highest BCUT2D eigenvalue weighted by molar-refractivity contribution is 5.88. The van der Waals surface area contributed by atoms with Gasteiger partial charge in [-0.1, -0.05) is 0 Å².